The average Bonchev–Trinajstić information content (AvgIpc) is 2.98. The van der Waals surface area contributed by atoms with Gasteiger partial charge < -0.3 is 10.1 Å². The lowest BCUT2D eigenvalue weighted by atomic mass is 10.0. The van der Waals surface area contributed by atoms with Crippen LogP contribution in [0, 0.1) is 16.0 Å². The number of non-ortho nitro benzene ring substituents is 1. The van der Waals surface area contributed by atoms with Crippen molar-refractivity contribution in [2.24, 2.45) is 5.92 Å². The number of rotatable bonds is 6. The number of ether oxygens (including phenoxy) is 1. The van der Waals surface area contributed by atoms with E-state index >= 15 is 0 Å². The van der Waals surface area contributed by atoms with Crippen molar-refractivity contribution < 1.29 is 14.5 Å². The molecule has 0 bridgehead atoms. The van der Waals surface area contributed by atoms with E-state index in [0.29, 0.717) is 23.8 Å². The molecule has 1 aliphatic carbocycles. The first kappa shape index (κ1) is 15.3. The fourth-order valence-corrected chi connectivity index (χ4v) is 2.74. The average molecular weight is 292 g/mol. The molecule has 0 unspecified atom stereocenters. The summed E-state index contributed by atoms with van der Waals surface area (Å²) < 4.78 is 5.10. The second kappa shape index (κ2) is 7.06. The Morgan fingerprint density at radius 2 is 2.14 bits per heavy atom. The lowest BCUT2D eigenvalue weighted by molar-refractivity contribution is -0.384. The molecular weight excluding hydrogens is 272 g/mol. The van der Waals surface area contributed by atoms with E-state index < -0.39 is 4.92 Å². The second-order valence-corrected chi connectivity index (χ2v) is 5.38. The first-order valence-corrected chi connectivity index (χ1v) is 7.22. The Morgan fingerprint density at radius 1 is 1.43 bits per heavy atom. The van der Waals surface area contributed by atoms with E-state index in [0.717, 1.165) is 6.42 Å². The summed E-state index contributed by atoms with van der Waals surface area (Å²) in [6.45, 7) is 0. The van der Waals surface area contributed by atoms with Gasteiger partial charge in [0.1, 0.15) is 5.75 Å². The van der Waals surface area contributed by atoms with Gasteiger partial charge in [0, 0.05) is 12.5 Å². The van der Waals surface area contributed by atoms with Gasteiger partial charge in [-0.1, -0.05) is 25.7 Å². The topological polar surface area (TPSA) is 81.5 Å². The number of nitro groups is 1. The molecule has 1 aromatic carbocycles. The molecule has 1 amide bonds. The second-order valence-electron chi connectivity index (χ2n) is 5.38. The lowest BCUT2D eigenvalue weighted by Crippen LogP contribution is -2.13. The van der Waals surface area contributed by atoms with Crippen molar-refractivity contribution in [2.75, 3.05) is 12.4 Å². The van der Waals surface area contributed by atoms with E-state index in [-0.39, 0.29) is 11.6 Å². The number of carbonyl (C=O) groups excluding carboxylic acids is 1. The van der Waals surface area contributed by atoms with Gasteiger partial charge in [-0.05, 0) is 18.4 Å². The molecule has 0 radical (unpaired) electrons. The summed E-state index contributed by atoms with van der Waals surface area (Å²) in [6.07, 6.45) is 6.35. The quantitative estimate of drug-likeness (QED) is 0.642. The SMILES string of the molecule is COc1cc([N+](=O)[O-])ccc1NC(=O)CCC1CCCC1. The van der Waals surface area contributed by atoms with Crippen LogP contribution in [0.15, 0.2) is 18.2 Å². The maximum Gasteiger partial charge on any atom is 0.273 e. The Hall–Kier alpha value is -2.11. The lowest BCUT2D eigenvalue weighted by Gasteiger charge is -2.11. The van der Waals surface area contributed by atoms with Crippen LogP contribution < -0.4 is 10.1 Å². The molecule has 1 fully saturated rings. The molecule has 0 aromatic heterocycles. The van der Waals surface area contributed by atoms with Crippen LogP contribution in [-0.4, -0.2) is 17.9 Å². The van der Waals surface area contributed by atoms with Crippen molar-refractivity contribution in [3.8, 4) is 5.75 Å². The smallest absolute Gasteiger partial charge is 0.273 e. The van der Waals surface area contributed by atoms with Gasteiger partial charge in [-0.15, -0.1) is 0 Å². The Labute approximate surface area is 123 Å². The third-order valence-corrected chi connectivity index (χ3v) is 3.92. The van der Waals surface area contributed by atoms with Crippen LogP contribution in [0.5, 0.6) is 5.75 Å². The minimum atomic E-state index is -0.492. The molecular formula is C15H20N2O4. The maximum absolute atomic E-state index is 12.0. The van der Waals surface area contributed by atoms with Crippen molar-refractivity contribution >= 4 is 17.3 Å². The van der Waals surface area contributed by atoms with Crippen molar-refractivity contribution in [3.05, 3.63) is 28.3 Å². The highest BCUT2D eigenvalue weighted by Crippen LogP contribution is 2.31. The number of nitrogens with one attached hydrogen (secondary N) is 1. The molecule has 1 aliphatic rings. The number of nitro benzene ring substituents is 1. The van der Waals surface area contributed by atoms with Crippen LogP contribution in [0.25, 0.3) is 0 Å². The van der Waals surface area contributed by atoms with Crippen LogP contribution in [0.1, 0.15) is 38.5 Å². The molecule has 1 aromatic rings. The Morgan fingerprint density at radius 3 is 2.76 bits per heavy atom. The van der Waals surface area contributed by atoms with Crippen LogP contribution in [0.3, 0.4) is 0 Å². The standard InChI is InChI=1S/C15H20N2O4/c1-21-14-10-12(17(19)20)7-8-13(14)16-15(18)9-6-11-4-2-3-5-11/h7-8,10-11H,2-6,9H2,1H3,(H,16,18). The van der Waals surface area contributed by atoms with Gasteiger partial charge in [-0.3, -0.25) is 14.9 Å². The largest absolute Gasteiger partial charge is 0.494 e. The molecule has 0 heterocycles. The molecule has 1 N–H and O–H groups in total. The summed E-state index contributed by atoms with van der Waals surface area (Å²) in [5.41, 5.74) is 0.412. The summed E-state index contributed by atoms with van der Waals surface area (Å²) in [6, 6.07) is 4.17. The number of amides is 1. The first-order chi connectivity index (χ1) is 10.1. The number of methoxy groups -OCH3 is 1. The molecule has 0 saturated heterocycles. The third-order valence-electron chi connectivity index (χ3n) is 3.92. The Balaban J connectivity index is 1.94. The molecule has 0 spiro atoms. The maximum atomic E-state index is 12.0. The van der Waals surface area contributed by atoms with E-state index in [1.165, 1.54) is 51.0 Å². The molecule has 1 saturated carbocycles. The monoisotopic (exact) mass is 292 g/mol. The predicted molar refractivity (Wildman–Crippen MR) is 79.5 cm³/mol. The highest BCUT2D eigenvalue weighted by atomic mass is 16.6. The summed E-state index contributed by atoms with van der Waals surface area (Å²) in [7, 11) is 1.42. The summed E-state index contributed by atoms with van der Waals surface area (Å²) in [5.74, 6) is 0.891. The fourth-order valence-electron chi connectivity index (χ4n) is 2.74. The molecule has 0 atom stereocenters. The van der Waals surface area contributed by atoms with Gasteiger partial charge in [-0.2, -0.15) is 0 Å². The van der Waals surface area contributed by atoms with Crippen molar-refractivity contribution in [1.29, 1.82) is 0 Å². The molecule has 6 heteroatoms. The van der Waals surface area contributed by atoms with Gasteiger partial charge in [0.2, 0.25) is 5.91 Å². The van der Waals surface area contributed by atoms with Crippen molar-refractivity contribution in [3.63, 3.8) is 0 Å². The fraction of sp³-hybridized carbons (Fsp3) is 0.533. The number of carbonyl (C=O) groups is 1. The predicted octanol–water partition coefficient (Wildman–Crippen LogP) is 3.51. The van der Waals surface area contributed by atoms with Crippen LogP contribution in [0.4, 0.5) is 11.4 Å². The van der Waals surface area contributed by atoms with Crippen LogP contribution in [0.2, 0.25) is 0 Å². The number of nitrogens with zero attached hydrogens (tertiary/aromatic N) is 1. The minimum absolute atomic E-state index is 0.0594. The van der Waals surface area contributed by atoms with Crippen LogP contribution in [-0.2, 0) is 4.79 Å². The van der Waals surface area contributed by atoms with E-state index in [9.17, 15) is 14.9 Å². The highest BCUT2D eigenvalue weighted by Gasteiger charge is 2.17. The van der Waals surface area contributed by atoms with Crippen molar-refractivity contribution in [2.45, 2.75) is 38.5 Å². The van der Waals surface area contributed by atoms with Crippen LogP contribution >= 0.6 is 0 Å². The molecule has 21 heavy (non-hydrogen) atoms. The summed E-state index contributed by atoms with van der Waals surface area (Å²) in [4.78, 5) is 22.2. The van der Waals surface area contributed by atoms with E-state index in [1.54, 1.807) is 0 Å². The minimum Gasteiger partial charge on any atom is -0.494 e. The van der Waals surface area contributed by atoms with Gasteiger partial charge in [0.15, 0.2) is 0 Å². The molecule has 6 nitrogen and oxygen atoms in total. The Bertz CT molecular complexity index is 524. The number of anilines is 1. The van der Waals surface area contributed by atoms with Crippen molar-refractivity contribution in [1.82, 2.24) is 0 Å². The third kappa shape index (κ3) is 4.18. The summed E-state index contributed by atoms with van der Waals surface area (Å²) >= 11 is 0. The number of benzene rings is 1. The number of hydrogen-bond acceptors (Lipinski definition) is 4. The zero-order chi connectivity index (χ0) is 15.2. The zero-order valence-electron chi connectivity index (χ0n) is 12.1. The van der Waals surface area contributed by atoms with Gasteiger partial charge >= 0.3 is 0 Å². The molecule has 114 valence electrons. The van der Waals surface area contributed by atoms with Gasteiger partial charge in [-0.25, -0.2) is 0 Å². The van der Waals surface area contributed by atoms with E-state index in [2.05, 4.69) is 5.32 Å². The summed E-state index contributed by atoms with van der Waals surface area (Å²) in [5, 5.41) is 13.5. The van der Waals surface area contributed by atoms with Gasteiger partial charge in [0.25, 0.3) is 5.69 Å². The molecule has 0 aliphatic heterocycles. The Kier molecular flexibility index (Phi) is 5.14. The highest BCUT2D eigenvalue weighted by molar-refractivity contribution is 5.92. The number of hydrogen-bond donors (Lipinski definition) is 1. The zero-order valence-corrected chi connectivity index (χ0v) is 12.1. The van der Waals surface area contributed by atoms with E-state index in [4.69, 9.17) is 4.74 Å². The van der Waals surface area contributed by atoms with E-state index in [1.807, 2.05) is 0 Å². The first-order valence-electron chi connectivity index (χ1n) is 7.22. The molecule has 2 rings (SSSR count). The normalized spacial score (nSPS) is 14.9. The van der Waals surface area contributed by atoms with Gasteiger partial charge in [0.05, 0.1) is 23.8 Å².